The standard InChI is InChI=1S/C29H31FN4O2S/c1-20-15-33(19-32-20)25-9-4-21(13-26(25)36-3)12-22-14-29(17-37(35)18-29)16-34-27(22)31-11-10-28(34,2)23-5-7-24(30)8-6-23/h4-9,12-13,15,19H,10-11,14,16-18H2,1-3H3/b22-12+. The number of benzene rings is 2. The van der Waals surface area contributed by atoms with E-state index >= 15 is 0 Å². The number of ether oxygens (including phenoxy) is 1. The number of hydrogen-bond acceptors (Lipinski definition) is 5. The predicted molar refractivity (Wildman–Crippen MR) is 145 cm³/mol. The highest BCUT2D eigenvalue weighted by atomic mass is 32.2. The summed E-state index contributed by atoms with van der Waals surface area (Å²) in [6, 6.07) is 13.0. The lowest BCUT2D eigenvalue weighted by molar-refractivity contribution is 0.102. The Balaban J connectivity index is 1.41. The monoisotopic (exact) mass is 518 g/mol. The van der Waals surface area contributed by atoms with Gasteiger partial charge in [-0.2, -0.15) is 0 Å². The number of hydrogen-bond donors (Lipinski definition) is 0. The molecule has 6 nitrogen and oxygen atoms in total. The molecule has 0 amide bonds. The summed E-state index contributed by atoms with van der Waals surface area (Å²) in [4.78, 5) is 11.7. The Labute approximate surface area is 219 Å². The second-order valence-corrected chi connectivity index (χ2v) is 12.2. The Hall–Kier alpha value is -3.26. The summed E-state index contributed by atoms with van der Waals surface area (Å²) in [6.45, 7) is 5.71. The van der Waals surface area contributed by atoms with Gasteiger partial charge in [-0.1, -0.05) is 18.2 Å². The molecule has 4 heterocycles. The van der Waals surface area contributed by atoms with E-state index in [1.807, 2.05) is 42.0 Å². The molecule has 2 saturated heterocycles. The quantitative estimate of drug-likeness (QED) is 0.494. The summed E-state index contributed by atoms with van der Waals surface area (Å²) >= 11 is 0. The highest BCUT2D eigenvalue weighted by Gasteiger charge is 2.53. The Kier molecular flexibility index (Phi) is 5.82. The van der Waals surface area contributed by atoms with Crippen molar-refractivity contribution in [1.29, 1.82) is 0 Å². The van der Waals surface area contributed by atoms with E-state index in [-0.39, 0.29) is 16.8 Å². The Morgan fingerprint density at radius 3 is 2.62 bits per heavy atom. The molecular weight excluding hydrogens is 487 g/mol. The molecular formula is C29H31FN4O2S. The van der Waals surface area contributed by atoms with Crippen LogP contribution >= 0.6 is 0 Å². The molecule has 0 saturated carbocycles. The maximum Gasteiger partial charge on any atom is 0.143 e. The van der Waals surface area contributed by atoms with Crippen LogP contribution in [-0.2, 0) is 16.3 Å². The molecule has 0 aliphatic carbocycles. The van der Waals surface area contributed by atoms with Crippen LogP contribution in [0.3, 0.4) is 0 Å². The number of imidazole rings is 1. The van der Waals surface area contributed by atoms with Gasteiger partial charge in [0.15, 0.2) is 0 Å². The number of rotatable bonds is 4. The van der Waals surface area contributed by atoms with Gasteiger partial charge in [0.25, 0.3) is 0 Å². The van der Waals surface area contributed by atoms with Crippen LogP contribution in [-0.4, -0.2) is 56.2 Å². The van der Waals surface area contributed by atoms with Crippen LogP contribution in [0.2, 0.25) is 0 Å². The molecule has 3 aromatic rings. The van der Waals surface area contributed by atoms with Crippen molar-refractivity contribution in [3.05, 3.63) is 83.2 Å². The topological polar surface area (TPSA) is 59.7 Å². The lowest BCUT2D eigenvalue weighted by Crippen LogP contribution is -2.63. The minimum absolute atomic E-state index is 0.0350. The zero-order chi connectivity index (χ0) is 25.8. The fourth-order valence-electron chi connectivity index (χ4n) is 6.04. The number of amidine groups is 1. The summed E-state index contributed by atoms with van der Waals surface area (Å²) in [5.74, 6) is 2.94. The maximum atomic E-state index is 13.8. The van der Waals surface area contributed by atoms with Crippen LogP contribution in [0.1, 0.15) is 36.6 Å². The summed E-state index contributed by atoms with van der Waals surface area (Å²) in [6.07, 6.45) is 7.66. The molecule has 1 unspecified atom stereocenters. The van der Waals surface area contributed by atoms with Crippen molar-refractivity contribution in [2.75, 3.05) is 31.7 Å². The average Bonchev–Trinajstić information content (AvgIpc) is 3.30. The van der Waals surface area contributed by atoms with E-state index < -0.39 is 10.8 Å². The molecule has 3 aliphatic rings. The normalized spacial score (nSPS) is 28.1. The zero-order valence-corrected chi connectivity index (χ0v) is 22.2. The van der Waals surface area contributed by atoms with Crippen molar-refractivity contribution in [2.45, 2.75) is 32.2 Å². The highest BCUT2D eigenvalue weighted by molar-refractivity contribution is 7.86. The van der Waals surface area contributed by atoms with Crippen LogP contribution in [0.15, 0.2) is 65.6 Å². The lowest BCUT2D eigenvalue weighted by Gasteiger charge is -2.56. The first-order valence-corrected chi connectivity index (χ1v) is 14.1. The number of aliphatic imine (C=N–C) groups is 1. The fourth-order valence-corrected chi connectivity index (χ4v) is 7.71. The first-order valence-electron chi connectivity index (χ1n) is 12.6. The van der Waals surface area contributed by atoms with Crippen molar-refractivity contribution in [3.63, 3.8) is 0 Å². The lowest BCUT2D eigenvalue weighted by atomic mass is 9.74. The number of halogens is 1. The molecule has 3 aliphatic heterocycles. The van der Waals surface area contributed by atoms with Gasteiger partial charge in [-0.15, -0.1) is 0 Å². The molecule has 1 spiro atoms. The third kappa shape index (κ3) is 4.21. The highest BCUT2D eigenvalue weighted by Crippen LogP contribution is 2.48. The van der Waals surface area contributed by atoms with Gasteiger partial charge >= 0.3 is 0 Å². The minimum atomic E-state index is -0.774. The number of aryl methyl sites for hydroxylation is 1. The van der Waals surface area contributed by atoms with Gasteiger partial charge in [-0.25, -0.2) is 9.37 Å². The molecule has 0 bridgehead atoms. The number of fused-ring (bicyclic) bond motifs is 1. The van der Waals surface area contributed by atoms with E-state index in [2.05, 4.69) is 29.0 Å². The Morgan fingerprint density at radius 2 is 1.95 bits per heavy atom. The molecule has 37 heavy (non-hydrogen) atoms. The second kappa shape index (κ2) is 8.94. The molecule has 0 radical (unpaired) electrons. The first-order chi connectivity index (χ1) is 17.8. The third-order valence-corrected chi connectivity index (χ3v) is 9.86. The van der Waals surface area contributed by atoms with E-state index in [0.29, 0.717) is 18.1 Å². The van der Waals surface area contributed by atoms with Crippen LogP contribution in [0.5, 0.6) is 5.75 Å². The van der Waals surface area contributed by atoms with E-state index in [0.717, 1.165) is 59.1 Å². The van der Waals surface area contributed by atoms with Gasteiger partial charge in [0.2, 0.25) is 0 Å². The summed E-state index contributed by atoms with van der Waals surface area (Å²) in [5.41, 5.74) is 4.80. The summed E-state index contributed by atoms with van der Waals surface area (Å²) in [7, 11) is 0.906. The van der Waals surface area contributed by atoms with Gasteiger partial charge in [0.1, 0.15) is 17.4 Å². The SMILES string of the molecule is COc1cc(/C=C2\CC3(CN4C2=NCCC4(C)c2ccc(F)cc2)CS(=O)C3)ccc1-n1cnc(C)c1. The third-order valence-electron chi connectivity index (χ3n) is 7.99. The molecule has 6 rings (SSSR count). The summed E-state index contributed by atoms with van der Waals surface area (Å²) in [5, 5.41) is 0. The van der Waals surface area contributed by atoms with Gasteiger partial charge in [0, 0.05) is 47.0 Å². The fraction of sp³-hybridized carbons (Fsp3) is 0.379. The Bertz CT molecular complexity index is 1440. The van der Waals surface area contributed by atoms with E-state index in [1.54, 1.807) is 13.4 Å². The van der Waals surface area contributed by atoms with Crippen LogP contribution in [0.4, 0.5) is 4.39 Å². The van der Waals surface area contributed by atoms with E-state index in [1.165, 1.54) is 12.1 Å². The predicted octanol–water partition coefficient (Wildman–Crippen LogP) is 4.88. The largest absolute Gasteiger partial charge is 0.495 e. The smallest absolute Gasteiger partial charge is 0.143 e. The molecule has 2 fully saturated rings. The second-order valence-electron chi connectivity index (χ2n) is 10.8. The van der Waals surface area contributed by atoms with Crippen molar-refractivity contribution in [2.24, 2.45) is 10.4 Å². The van der Waals surface area contributed by atoms with Gasteiger partial charge in [0.05, 0.1) is 30.4 Å². The molecule has 2 aromatic carbocycles. The number of aromatic nitrogens is 2. The van der Waals surface area contributed by atoms with Crippen LogP contribution in [0, 0.1) is 18.2 Å². The average molecular weight is 519 g/mol. The molecule has 1 atom stereocenters. The van der Waals surface area contributed by atoms with Gasteiger partial charge < -0.3 is 14.2 Å². The molecule has 8 heteroatoms. The number of nitrogens with zero attached hydrogens (tertiary/aromatic N) is 4. The van der Waals surface area contributed by atoms with E-state index in [9.17, 15) is 8.60 Å². The number of piperidine rings is 1. The zero-order valence-electron chi connectivity index (χ0n) is 21.4. The van der Waals surface area contributed by atoms with Crippen molar-refractivity contribution < 1.29 is 13.3 Å². The molecule has 0 N–H and O–H groups in total. The van der Waals surface area contributed by atoms with Crippen molar-refractivity contribution in [3.8, 4) is 11.4 Å². The van der Waals surface area contributed by atoms with Gasteiger partial charge in [-0.05, 0) is 73.7 Å². The Morgan fingerprint density at radius 1 is 1.16 bits per heavy atom. The van der Waals surface area contributed by atoms with Crippen molar-refractivity contribution >= 4 is 22.7 Å². The molecule has 192 valence electrons. The number of methoxy groups -OCH3 is 1. The maximum absolute atomic E-state index is 13.8. The molecule has 1 aromatic heterocycles. The first kappa shape index (κ1) is 24.1. The van der Waals surface area contributed by atoms with Crippen LogP contribution < -0.4 is 4.74 Å². The van der Waals surface area contributed by atoms with Crippen LogP contribution in [0.25, 0.3) is 11.8 Å². The van der Waals surface area contributed by atoms with Crippen molar-refractivity contribution in [1.82, 2.24) is 14.5 Å². The van der Waals surface area contributed by atoms with Gasteiger partial charge in [-0.3, -0.25) is 9.20 Å². The minimum Gasteiger partial charge on any atom is -0.495 e. The van der Waals surface area contributed by atoms with E-state index in [4.69, 9.17) is 9.73 Å². The summed E-state index contributed by atoms with van der Waals surface area (Å²) < 4.78 is 33.8.